The van der Waals surface area contributed by atoms with E-state index < -0.39 is 0 Å². The van der Waals surface area contributed by atoms with Crippen LogP contribution < -0.4 is 4.90 Å². The van der Waals surface area contributed by atoms with Gasteiger partial charge in [0.05, 0.1) is 5.33 Å². The summed E-state index contributed by atoms with van der Waals surface area (Å²) in [6, 6.07) is 0. The van der Waals surface area contributed by atoms with E-state index in [1.54, 1.807) is 0 Å². The molecule has 0 atom stereocenters. The van der Waals surface area contributed by atoms with Crippen LogP contribution in [0, 0.1) is 5.21 Å². The Morgan fingerprint density at radius 2 is 2.75 bits per heavy atom. The van der Waals surface area contributed by atoms with Crippen LogP contribution in [0.1, 0.15) is 5.69 Å². The predicted molar refractivity (Wildman–Crippen MR) is 28.1 cm³/mol. The first-order valence-corrected chi connectivity index (χ1v) is 3.06. The molecule has 0 bridgehead atoms. The van der Waals surface area contributed by atoms with Crippen LogP contribution in [0.15, 0.2) is 10.8 Å². The molecule has 0 fully saturated rings. The van der Waals surface area contributed by atoms with Crippen molar-refractivity contribution >= 4 is 15.9 Å². The van der Waals surface area contributed by atoms with Crippen molar-refractivity contribution in [1.29, 1.82) is 0 Å². The van der Waals surface area contributed by atoms with E-state index in [1.807, 2.05) is 0 Å². The highest BCUT2D eigenvalue weighted by Crippen LogP contribution is 1.95. The Bertz CT molecular complexity index is 176. The van der Waals surface area contributed by atoms with Crippen LogP contribution >= 0.6 is 15.9 Å². The number of hydrogen-bond donors (Lipinski definition) is 0. The first kappa shape index (κ1) is 5.55. The largest absolute Gasteiger partial charge is 0.360 e. The van der Waals surface area contributed by atoms with Crippen LogP contribution in [-0.2, 0) is 5.33 Å². The Kier molecular flexibility index (Phi) is 1.48. The van der Waals surface area contributed by atoms with Crippen LogP contribution in [0.2, 0.25) is 0 Å². The second-order valence-electron chi connectivity index (χ2n) is 1.21. The lowest BCUT2D eigenvalue weighted by molar-refractivity contribution is -0.802. The molecule has 0 amide bonds. The first-order chi connectivity index (χ1) is 3.83. The molecule has 0 unspecified atom stereocenters. The van der Waals surface area contributed by atoms with Crippen molar-refractivity contribution in [1.82, 2.24) is 5.16 Å². The van der Waals surface area contributed by atoms with Crippen LogP contribution in [0.25, 0.3) is 0 Å². The molecule has 5 heteroatoms. The zero-order valence-electron chi connectivity index (χ0n) is 3.87. The smallest absolute Gasteiger partial charge is 0.228 e. The van der Waals surface area contributed by atoms with E-state index in [1.165, 1.54) is 6.20 Å². The van der Waals surface area contributed by atoms with Crippen molar-refractivity contribution in [2.75, 3.05) is 0 Å². The Morgan fingerprint density at radius 1 is 2.00 bits per heavy atom. The van der Waals surface area contributed by atoms with E-state index in [-0.39, 0.29) is 0 Å². The highest BCUT2D eigenvalue weighted by Gasteiger charge is 2.00. The number of nitrogens with zero attached hydrogens (tertiary/aromatic N) is 2. The maximum absolute atomic E-state index is 10.1. The van der Waals surface area contributed by atoms with Gasteiger partial charge in [-0.2, -0.15) is 0 Å². The van der Waals surface area contributed by atoms with Gasteiger partial charge in [-0.3, -0.25) is 4.63 Å². The molecule has 0 N–H and O–H groups in total. The summed E-state index contributed by atoms with van der Waals surface area (Å²) in [7, 11) is 0. The second-order valence-corrected chi connectivity index (χ2v) is 1.77. The van der Waals surface area contributed by atoms with Gasteiger partial charge in [0.25, 0.3) is 0 Å². The van der Waals surface area contributed by atoms with Gasteiger partial charge in [0.2, 0.25) is 5.69 Å². The van der Waals surface area contributed by atoms with Crippen LogP contribution in [0.3, 0.4) is 0 Å². The fourth-order valence-electron chi connectivity index (χ4n) is 0.320. The van der Waals surface area contributed by atoms with Crippen molar-refractivity contribution in [3.05, 3.63) is 17.1 Å². The summed E-state index contributed by atoms with van der Waals surface area (Å²) in [6.07, 6.45) is 1.26. The summed E-state index contributed by atoms with van der Waals surface area (Å²) in [5.41, 5.74) is 0.597. The lowest BCUT2D eigenvalue weighted by Gasteiger charge is -1.74. The van der Waals surface area contributed by atoms with Crippen molar-refractivity contribution in [2.24, 2.45) is 0 Å². The molecule has 0 aliphatic carbocycles. The summed E-state index contributed by atoms with van der Waals surface area (Å²) < 4.78 is 4.14. The van der Waals surface area contributed by atoms with Gasteiger partial charge in [-0.15, -0.1) is 0 Å². The van der Waals surface area contributed by atoms with Crippen molar-refractivity contribution in [3.63, 3.8) is 0 Å². The molecule has 4 nitrogen and oxygen atoms in total. The summed E-state index contributed by atoms with van der Waals surface area (Å²) in [6.45, 7) is 0. The van der Waals surface area contributed by atoms with E-state index in [2.05, 4.69) is 25.7 Å². The van der Waals surface area contributed by atoms with Crippen molar-refractivity contribution < 1.29 is 9.53 Å². The van der Waals surface area contributed by atoms with Gasteiger partial charge in [-0.1, -0.05) is 15.9 Å². The summed E-state index contributed by atoms with van der Waals surface area (Å²) in [5, 5.41) is 14.0. The molecule has 1 aromatic heterocycles. The van der Waals surface area contributed by atoms with Gasteiger partial charge in [0, 0.05) is 5.16 Å². The topological polar surface area (TPSA) is 53.0 Å². The van der Waals surface area contributed by atoms with E-state index >= 15 is 0 Å². The minimum Gasteiger partial charge on any atom is -0.360 e. The number of hydrogen-bond acceptors (Lipinski definition) is 3. The zero-order chi connectivity index (χ0) is 5.98. The standard InChI is InChI=1S/C3H3BrN2O2/c4-1-3-2-6(7)8-5-3/h2H,1H2. The average molecular weight is 179 g/mol. The van der Waals surface area contributed by atoms with Crippen LogP contribution in [0.5, 0.6) is 0 Å². The zero-order valence-corrected chi connectivity index (χ0v) is 5.46. The molecule has 8 heavy (non-hydrogen) atoms. The number of aromatic nitrogens is 2. The monoisotopic (exact) mass is 178 g/mol. The third kappa shape index (κ3) is 0.975. The van der Waals surface area contributed by atoms with Gasteiger partial charge in [-0.05, 0) is 4.90 Å². The second kappa shape index (κ2) is 2.13. The van der Waals surface area contributed by atoms with E-state index in [4.69, 9.17) is 0 Å². The highest BCUT2D eigenvalue weighted by atomic mass is 79.9. The molecule has 0 aliphatic rings. The fraction of sp³-hybridized carbons (Fsp3) is 0.333. The Hall–Kier alpha value is -0.580. The number of halogens is 1. The third-order valence-electron chi connectivity index (χ3n) is 0.630. The van der Waals surface area contributed by atoms with E-state index in [0.717, 1.165) is 0 Å². The van der Waals surface area contributed by atoms with Crippen molar-refractivity contribution in [3.8, 4) is 0 Å². The van der Waals surface area contributed by atoms with Gasteiger partial charge in [-0.25, -0.2) is 0 Å². The quantitative estimate of drug-likeness (QED) is 0.457. The van der Waals surface area contributed by atoms with Gasteiger partial charge in [0.15, 0.2) is 6.20 Å². The molecule has 44 valence electrons. The molecule has 0 radical (unpaired) electrons. The Balaban J connectivity index is 2.84. The molecule has 0 aliphatic heterocycles. The number of rotatable bonds is 1. The van der Waals surface area contributed by atoms with Crippen molar-refractivity contribution in [2.45, 2.75) is 5.33 Å². The molecule has 0 saturated carbocycles. The van der Waals surface area contributed by atoms with Gasteiger partial charge >= 0.3 is 0 Å². The summed E-state index contributed by atoms with van der Waals surface area (Å²) >= 11 is 3.10. The lowest BCUT2D eigenvalue weighted by Crippen LogP contribution is -2.20. The van der Waals surface area contributed by atoms with Crippen LogP contribution in [0.4, 0.5) is 0 Å². The Labute approximate surface area is 53.8 Å². The molecular weight excluding hydrogens is 176 g/mol. The SMILES string of the molecule is [O-][n+]1cc(CBr)no1. The molecular formula is C3H3BrN2O2. The Morgan fingerprint density at radius 3 is 3.00 bits per heavy atom. The summed E-state index contributed by atoms with van der Waals surface area (Å²) in [5.74, 6) is 0. The first-order valence-electron chi connectivity index (χ1n) is 1.94. The number of alkyl halides is 1. The highest BCUT2D eigenvalue weighted by molar-refractivity contribution is 9.08. The molecule has 1 aromatic rings. The molecule has 0 saturated heterocycles. The lowest BCUT2D eigenvalue weighted by atomic mass is 10.6. The fourth-order valence-corrected chi connectivity index (χ4v) is 0.568. The maximum Gasteiger partial charge on any atom is 0.228 e. The molecule has 1 rings (SSSR count). The minimum atomic E-state index is 0.302. The minimum absolute atomic E-state index is 0.302. The molecule has 0 spiro atoms. The summed E-state index contributed by atoms with van der Waals surface area (Å²) in [4.78, 5) is 0.302. The molecule has 1 heterocycles. The van der Waals surface area contributed by atoms with Gasteiger partial charge < -0.3 is 5.21 Å². The molecule has 0 aromatic carbocycles. The van der Waals surface area contributed by atoms with Crippen LogP contribution in [-0.4, -0.2) is 5.16 Å². The normalized spacial score (nSPS) is 9.62. The van der Waals surface area contributed by atoms with Gasteiger partial charge in [0.1, 0.15) is 0 Å². The van der Waals surface area contributed by atoms with E-state index in [9.17, 15) is 5.21 Å². The maximum atomic E-state index is 10.1. The predicted octanol–water partition coefficient (Wildman–Crippen LogP) is 0.203. The third-order valence-corrected chi connectivity index (χ3v) is 1.20. The van der Waals surface area contributed by atoms with E-state index in [0.29, 0.717) is 15.9 Å². The average Bonchev–Trinajstić information content (AvgIpc) is 2.14.